The molecule has 184 valence electrons. The summed E-state index contributed by atoms with van der Waals surface area (Å²) >= 11 is 0. The zero-order valence-corrected chi connectivity index (χ0v) is 18.0. The molecule has 0 radical (unpaired) electrons. The fraction of sp³-hybridized carbons (Fsp3) is 0.261. The number of alkyl halides is 6. The summed E-state index contributed by atoms with van der Waals surface area (Å²) in [7, 11) is 0. The van der Waals surface area contributed by atoms with Crippen LogP contribution in [0.4, 0.5) is 37.8 Å². The molecule has 0 saturated carbocycles. The number of anilines is 2. The predicted molar refractivity (Wildman–Crippen MR) is 115 cm³/mol. The third kappa shape index (κ3) is 5.88. The summed E-state index contributed by atoms with van der Waals surface area (Å²) in [6.07, 6.45) is -10.1. The molecule has 1 aliphatic rings. The summed E-state index contributed by atoms with van der Waals surface area (Å²) in [4.78, 5) is 14.6. The molecule has 0 bridgehead atoms. The highest BCUT2D eigenvalue weighted by Gasteiger charge is 2.37. The van der Waals surface area contributed by atoms with E-state index in [1.807, 2.05) is 4.90 Å². The summed E-state index contributed by atoms with van der Waals surface area (Å²) in [6.45, 7) is 2.53. The van der Waals surface area contributed by atoms with E-state index in [0.717, 1.165) is 0 Å². The van der Waals surface area contributed by atoms with E-state index >= 15 is 0 Å². The third-order valence-electron chi connectivity index (χ3n) is 5.25. The van der Waals surface area contributed by atoms with Crippen molar-refractivity contribution in [2.75, 3.05) is 36.5 Å². The van der Waals surface area contributed by atoms with E-state index in [1.54, 1.807) is 24.3 Å². The Morgan fingerprint density at radius 3 is 2.09 bits per heavy atom. The first-order chi connectivity index (χ1) is 16.5. The SMILES string of the molecule is O=C(Nc1cccc(-c2ccc(N3CCOCC3)nn2)c1)c1cc(C(F)(F)F)cc(C(F)(F)F)c1. The van der Waals surface area contributed by atoms with Crippen LogP contribution in [0.3, 0.4) is 0 Å². The van der Waals surface area contributed by atoms with Crippen LogP contribution in [0.2, 0.25) is 0 Å². The molecule has 1 N–H and O–H groups in total. The summed E-state index contributed by atoms with van der Waals surface area (Å²) in [5, 5.41) is 10.7. The average molecular weight is 496 g/mol. The van der Waals surface area contributed by atoms with Crippen molar-refractivity contribution in [1.29, 1.82) is 0 Å². The Bertz CT molecular complexity index is 1170. The van der Waals surface area contributed by atoms with E-state index in [4.69, 9.17) is 4.74 Å². The van der Waals surface area contributed by atoms with Crippen LogP contribution in [0.25, 0.3) is 11.3 Å². The highest BCUT2D eigenvalue weighted by molar-refractivity contribution is 6.04. The first-order valence-electron chi connectivity index (χ1n) is 10.4. The fourth-order valence-corrected chi connectivity index (χ4v) is 3.49. The second kappa shape index (κ2) is 9.53. The van der Waals surface area contributed by atoms with Crippen LogP contribution >= 0.6 is 0 Å². The van der Waals surface area contributed by atoms with Crippen LogP contribution < -0.4 is 10.2 Å². The Morgan fingerprint density at radius 1 is 0.857 bits per heavy atom. The van der Waals surface area contributed by atoms with Gasteiger partial charge in [-0.2, -0.15) is 26.3 Å². The lowest BCUT2D eigenvalue weighted by Gasteiger charge is -2.27. The number of halogens is 6. The smallest absolute Gasteiger partial charge is 0.378 e. The summed E-state index contributed by atoms with van der Waals surface area (Å²) in [5.41, 5.74) is -2.73. The van der Waals surface area contributed by atoms with Crippen LogP contribution in [0.5, 0.6) is 0 Å². The molecule has 1 amide bonds. The molecule has 4 rings (SSSR count). The minimum atomic E-state index is -5.05. The van der Waals surface area contributed by atoms with Crippen molar-refractivity contribution in [1.82, 2.24) is 10.2 Å². The first-order valence-corrected chi connectivity index (χ1v) is 10.4. The van der Waals surface area contributed by atoms with Crippen molar-refractivity contribution >= 4 is 17.4 Å². The quantitative estimate of drug-likeness (QED) is 0.499. The molecule has 35 heavy (non-hydrogen) atoms. The Hall–Kier alpha value is -3.67. The number of rotatable bonds is 4. The van der Waals surface area contributed by atoms with Gasteiger partial charge in [0.15, 0.2) is 5.82 Å². The molecule has 1 saturated heterocycles. The van der Waals surface area contributed by atoms with Gasteiger partial charge in [-0.25, -0.2) is 0 Å². The number of nitrogens with zero attached hydrogens (tertiary/aromatic N) is 3. The second-order valence-electron chi connectivity index (χ2n) is 7.71. The largest absolute Gasteiger partial charge is 0.416 e. The molecular weight excluding hydrogens is 478 g/mol. The number of nitrogens with one attached hydrogen (secondary N) is 1. The Balaban J connectivity index is 1.55. The van der Waals surface area contributed by atoms with Crippen LogP contribution in [-0.2, 0) is 17.1 Å². The Labute approximate surface area is 195 Å². The highest BCUT2D eigenvalue weighted by Crippen LogP contribution is 2.36. The fourth-order valence-electron chi connectivity index (χ4n) is 3.49. The Kier molecular flexibility index (Phi) is 6.66. The minimum Gasteiger partial charge on any atom is -0.378 e. The van der Waals surface area contributed by atoms with Gasteiger partial charge in [-0.1, -0.05) is 12.1 Å². The maximum absolute atomic E-state index is 13.1. The number of ether oxygens (including phenoxy) is 1. The van der Waals surface area contributed by atoms with Crippen LogP contribution in [0.1, 0.15) is 21.5 Å². The van der Waals surface area contributed by atoms with Crippen molar-refractivity contribution in [3.05, 3.63) is 71.3 Å². The minimum absolute atomic E-state index is 0.0311. The molecular formula is C23H18F6N4O2. The van der Waals surface area contributed by atoms with Gasteiger partial charge in [0.2, 0.25) is 0 Å². The van der Waals surface area contributed by atoms with Gasteiger partial charge in [0.1, 0.15) is 0 Å². The number of hydrogen-bond donors (Lipinski definition) is 1. The molecule has 6 nitrogen and oxygen atoms in total. The Morgan fingerprint density at radius 2 is 1.51 bits per heavy atom. The number of carbonyl (C=O) groups is 1. The monoisotopic (exact) mass is 496 g/mol. The van der Waals surface area contributed by atoms with Crippen molar-refractivity contribution in [3.63, 3.8) is 0 Å². The molecule has 3 aromatic rings. The van der Waals surface area contributed by atoms with Gasteiger partial charge in [-0.15, -0.1) is 10.2 Å². The molecule has 1 aliphatic heterocycles. The number of amides is 1. The summed E-state index contributed by atoms with van der Waals surface area (Å²) in [6, 6.07) is 10.4. The van der Waals surface area contributed by atoms with Gasteiger partial charge in [0.05, 0.1) is 30.0 Å². The molecule has 0 aliphatic carbocycles. The van der Waals surface area contributed by atoms with E-state index in [-0.39, 0.29) is 11.8 Å². The molecule has 2 aromatic carbocycles. The number of benzene rings is 2. The maximum Gasteiger partial charge on any atom is 0.416 e. The molecule has 1 fully saturated rings. The zero-order valence-electron chi connectivity index (χ0n) is 18.0. The molecule has 1 aromatic heterocycles. The molecule has 0 spiro atoms. The van der Waals surface area contributed by atoms with Gasteiger partial charge < -0.3 is 15.0 Å². The van der Waals surface area contributed by atoms with Crippen LogP contribution in [0, 0.1) is 0 Å². The number of aromatic nitrogens is 2. The van der Waals surface area contributed by atoms with E-state index in [2.05, 4.69) is 15.5 Å². The molecule has 0 unspecified atom stereocenters. The third-order valence-corrected chi connectivity index (χ3v) is 5.25. The first kappa shape index (κ1) is 24.5. The van der Waals surface area contributed by atoms with E-state index < -0.39 is 35.0 Å². The second-order valence-corrected chi connectivity index (χ2v) is 7.71. The van der Waals surface area contributed by atoms with Gasteiger partial charge in [-0.3, -0.25) is 4.79 Å². The topological polar surface area (TPSA) is 67.4 Å². The number of carbonyl (C=O) groups excluding carboxylic acids is 1. The van der Waals surface area contributed by atoms with Crippen molar-refractivity contribution in [2.24, 2.45) is 0 Å². The lowest BCUT2D eigenvalue weighted by molar-refractivity contribution is -0.143. The molecule has 2 heterocycles. The number of hydrogen-bond acceptors (Lipinski definition) is 5. The van der Waals surface area contributed by atoms with Crippen molar-refractivity contribution < 1.29 is 35.9 Å². The predicted octanol–water partition coefficient (Wildman–Crippen LogP) is 5.27. The lowest BCUT2D eigenvalue weighted by Crippen LogP contribution is -2.36. The van der Waals surface area contributed by atoms with Gasteiger partial charge in [0.25, 0.3) is 5.91 Å². The van der Waals surface area contributed by atoms with Gasteiger partial charge >= 0.3 is 12.4 Å². The lowest BCUT2D eigenvalue weighted by atomic mass is 10.0. The van der Waals surface area contributed by atoms with Gasteiger partial charge in [-0.05, 0) is 42.5 Å². The maximum atomic E-state index is 13.1. The van der Waals surface area contributed by atoms with Crippen molar-refractivity contribution in [3.8, 4) is 11.3 Å². The van der Waals surface area contributed by atoms with Crippen LogP contribution in [0.15, 0.2) is 54.6 Å². The normalized spacial score (nSPS) is 14.6. The van der Waals surface area contributed by atoms with Gasteiger partial charge in [0, 0.05) is 29.9 Å². The molecule has 0 atom stereocenters. The summed E-state index contributed by atoms with van der Waals surface area (Å²) in [5.74, 6) is -0.445. The zero-order chi connectivity index (χ0) is 25.2. The van der Waals surface area contributed by atoms with Crippen molar-refractivity contribution in [2.45, 2.75) is 12.4 Å². The average Bonchev–Trinajstić information content (AvgIpc) is 2.83. The van der Waals surface area contributed by atoms with E-state index in [1.165, 1.54) is 12.1 Å². The van der Waals surface area contributed by atoms with E-state index in [9.17, 15) is 31.1 Å². The van der Waals surface area contributed by atoms with E-state index in [0.29, 0.717) is 55.5 Å². The molecule has 12 heteroatoms. The van der Waals surface area contributed by atoms with Crippen LogP contribution in [-0.4, -0.2) is 42.4 Å². The summed E-state index contributed by atoms with van der Waals surface area (Å²) < 4.78 is 83.9. The number of morpholine rings is 1. The standard InChI is InChI=1S/C23H18F6N4O2/c24-22(25,26)16-10-15(11-17(13-16)23(27,28)29)21(34)30-18-3-1-2-14(12-18)19-4-5-20(32-31-19)33-6-8-35-9-7-33/h1-5,10-13H,6-9H2,(H,30,34). The highest BCUT2D eigenvalue weighted by atomic mass is 19.4.